The van der Waals surface area contributed by atoms with E-state index in [1.165, 1.54) is 6.07 Å². The van der Waals surface area contributed by atoms with Gasteiger partial charge in [-0.25, -0.2) is 4.79 Å². The lowest BCUT2D eigenvalue weighted by Crippen LogP contribution is -2.33. The maximum atomic E-state index is 11.5. The molecule has 0 bridgehead atoms. The van der Waals surface area contributed by atoms with Crippen LogP contribution in [0.25, 0.3) is 0 Å². The number of hydrogen-bond donors (Lipinski definition) is 2. The lowest BCUT2D eigenvalue weighted by atomic mass is 9.96. The van der Waals surface area contributed by atoms with Crippen molar-refractivity contribution < 1.29 is 19.4 Å². The van der Waals surface area contributed by atoms with Gasteiger partial charge in [-0.15, -0.1) is 0 Å². The van der Waals surface area contributed by atoms with E-state index < -0.39 is 23.6 Å². The molecule has 0 spiro atoms. The van der Waals surface area contributed by atoms with Crippen molar-refractivity contribution in [3.05, 3.63) is 33.8 Å². The van der Waals surface area contributed by atoms with Crippen LogP contribution < -0.4 is 5.32 Å². The van der Waals surface area contributed by atoms with E-state index in [9.17, 15) is 14.7 Å². The van der Waals surface area contributed by atoms with Crippen LogP contribution in [0.2, 0.25) is 10.0 Å². The van der Waals surface area contributed by atoms with Crippen LogP contribution in [-0.2, 0) is 9.53 Å². The molecule has 122 valence electrons. The number of hydrogen-bond acceptors (Lipinski definition) is 3. The predicted molar refractivity (Wildman–Crippen MR) is 85.7 cm³/mol. The smallest absolute Gasteiger partial charge is 0.407 e. The first-order valence-electron chi connectivity index (χ1n) is 6.74. The van der Waals surface area contributed by atoms with E-state index in [1.54, 1.807) is 32.9 Å². The summed E-state index contributed by atoms with van der Waals surface area (Å²) in [5, 5.41) is 12.6. The first-order chi connectivity index (χ1) is 10.1. The summed E-state index contributed by atoms with van der Waals surface area (Å²) >= 11 is 11.8. The summed E-state index contributed by atoms with van der Waals surface area (Å²) in [7, 11) is 0. The first kappa shape index (κ1) is 18.6. The highest BCUT2D eigenvalue weighted by atomic mass is 35.5. The van der Waals surface area contributed by atoms with Gasteiger partial charge in [0.2, 0.25) is 0 Å². The fourth-order valence-electron chi connectivity index (χ4n) is 1.84. The molecule has 0 saturated carbocycles. The number of ether oxygens (including phenoxy) is 1. The Hall–Kier alpha value is -1.46. The SMILES string of the molecule is CC(C)(C)OC(=O)NCCC(C(=O)O)c1cc(Cl)cc(Cl)c1. The van der Waals surface area contributed by atoms with E-state index in [0.717, 1.165) is 0 Å². The van der Waals surface area contributed by atoms with Crippen LogP contribution in [0.3, 0.4) is 0 Å². The summed E-state index contributed by atoms with van der Waals surface area (Å²) < 4.78 is 5.08. The maximum absolute atomic E-state index is 11.5. The fraction of sp³-hybridized carbons (Fsp3) is 0.467. The Labute approximate surface area is 139 Å². The minimum atomic E-state index is -1.01. The number of carbonyl (C=O) groups is 2. The number of halogens is 2. The van der Waals surface area contributed by atoms with Crippen molar-refractivity contribution >= 4 is 35.3 Å². The lowest BCUT2D eigenvalue weighted by molar-refractivity contribution is -0.139. The second-order valence-corrected chi connectivity index (χ2v) is 6.68. The Morgan fingerprint density at radius 1 is 1.23 bits per heavy atom. The molecule has 0 heterocycles. The van der Waals surface area contributed by atoms with Crippen LogP contribution in [0.15, 0.2) is 18.2 Å². The molecule has 7 heteroatoms. The largest absolute Gasteiger partial charge is 0.481 e. The van der Waals surface area contributed by atoms with Gasteiger partial charge in [-0.2, -0.15) is 0 Å². The number of benzene rings is 1. The van der Waals surface area contributed by atoms with Crippen molar-refractivity contribution in [2.75, 3.05) is 6.54 Å². The molecule has 0 fully saturated rings. The highest BCUT2D eigenvalue weighted by Crippen LogP contribution is 2.27. The minimum Gasteiger partial charge on any atom is -0.481 e. The van der Waals surface area contributed by atoms with E-state index in [0.29, 0.717) is 15.6 Å². The molecule has 1 amide bonds. The molecule has 2 N–H and O–H groups in total. The molecular weight excluding hydrogens is 329 g/mol. The van der Waals surface area contributed by atoms with Crippen LogP contribution in [-0.4, -0.2) is 29.3 Å². The molecule has 1 aromatic carbocycles. The number of amides is 1. The van der Waals surface area contributed by atoms with E-state index in [-0.39, 0.29) is 13.0 Å². The number of nitrogens with one attached hydrogen (secondary N) is 1. The van der Waals surface area contributed by atoms with Gasteiger partial charge in [0.1, 0.15) is 5.60 Å². The summed E-state index contributed by atoms with van der Waals surface area (Å²) in [5.41, 5.74) is -0.104. The summed E-state index contributed by atoms with van der Waals surface area (Å²) in [6.07, 6.45) is -0.383. The van der Waals surface area contributed by atoms with Gasteiger partial charge < -0.3 is 15.2 Å². The van der Waals surface area contributed by atoms with Crippen molar-refractivity contribution in [3.63, 3.8) is 0 Å². The molecule has 1 rings (SSSR count). The van der Waals surface area contributed by atoms with Crippen molar-refractivity contribution in [2.24, 2.45) is 0 Å². The van der Waals surface area contributed by atoms with Crippen molar-refractivity contribution in [3.8, 4) is 0 Å². The first-order valence-corrected chi connectivity index (χ1v) is 7.50. The van der Waals surface area contributed by atoms with E-state index in [4.69, 9.17) is 27.9 Å². The molecule has 0 aliphatic heterocycles. The third kappa shape index (κ3) is 6.54. The normalized spacial score (nSPS) is 12.6. The number of aliphatic carboxylic acids is 1. The van der Waals surface area contributed by atoms with Crippen LogP contribution in [0.4, 0.5) is 4.79 Å². The van der Waals surface area contributed by atoms with Crippen LogP contribution >= 0.6 is 23.2 Å². The number of rotatable bonds is 5. The average molecular weight is 348 g/mol. The Morgan fingerprint density at radius 3 is 2.23 bits per heavy atom. The topological polar surface area (TPSA) is 75.6 Å². The Bertz CT molecular complexity index is 535. The Morgan fingerprint density at radius 2 is 1.77 bits per heavy atom. The van der Waals surface area contributed by atoms with Gasteiger partial charge in [0.15, 0.2) is 0 Å². The quantitative estimate of drug-likeness (QED) is 0.841. The number of alkyl carbamates (subject to hydrolysis) is 1. The second-order valence-electron chi connectivity index (χ2n) is 5.81. The monoisotopic (exact) mass is 347 g/mol. The van der Waals surface area contributed by atoms with Gasteiger partial charge >= 0.3 is 12.1 Å². The molecule has 0 aliphatic rings. The molecule has 0 aliphatic carbocycles. The third-order valence-electron chi connectivity index (χ3n) is 2.69. The van der Waals surface area contributed by atoms with Gasteiger partial charge in [-0.3, -0.25) is 4.79 Å². The highest BCUT2D eigenvalue weighted by molar-refractivity contribution is 6.34. The van der Waals surface area contributed by atoms with Crippen LogP contribution in [0.5, 0.6) is 0 Å². The predicted octanol–water partition coefficient (Wildman–Crippen LogP) is 4.08. The molecule has 1 atom stereocenters. The zero-order valence-electron chi connectivity index (χ0n) is 12.7. The van der Waals surface area contributed by atoms with Gasteiger partial charge in [0.25, 0.3) is 0 Å². The summed E-state index contributed by atoms with van der Waals surface area (Å²) in [4.78, 5) is 22.9. The molecule has 22 heavy (non-hydrogen) atoms. The molecule has 0 radical (unpaired) electrons. The second kappa shape index (κ2) is 7.70. The van der Waals surface area contributed by atoms with Crippen LogP contribution in [0.1, 0.15) is 38.7 Å². The molecule has 0 aromatic heterocycles. The Balaban J connectivity index is 2.66. The Kier molecular flexibility index (Phi) is 6.50. The maximum Gasteiger partial charge on any atom is 0.407 e. The van der Waals surface area contributed by atoms with E-state index in [1.807, 2.05) is 0 Å². The highest BCUT2D eigenvalue weighted by Gasteiger charge is 2.22. The molecule has 1 unspecified atom stereocenters. The number of carboxylic acids is 1. The zero-order valence-corrected chi connectivity index (χ0v) is 14.2. The third-order valence-corrected chi connectivity index (χ3v) is 3.12. The summed E-state index contributed by atoms with van der Waals surface area (Å²) in [6.45, 7) is 5.41. The van der Waals surface area contributed by atoms with Gasteiger partial charge in [0.05, 0.1) is 5.92 Å². The van der Waals surface area contributed by atoms with E-state index >= 15 is 0 Å². The zero-order chi connectivity index (χ0) is 16.9. The lowest BCUT2D eigenvalue weighted by Gasteiger charge is -2.20. The summed E-state index contributed by atoms with van der Waals surface area (Å²) in [5.74, 6) is -1.82. The average Bonchev–Trinajstić information content (AvgIpc) is 2.30. The van der Waals surface area contributed by atoms with Gasteiger partial charge in [-0.05, 0) is 51.0 Å². The number of carbonyl (C=O) groups excluding carboxylic acids is 1. The number of carboxylic acid groups (broad SMARTS) is 1. The summed E-state index contributed by atoms with van der Waals surface area (Å²) in [6, 6.07) is 4.64. The van der Waals surface area contributed by atoms with E-state index in [2.05, 4.69) is 5.32 Å². The minimum absolute atomic E-state index is 0.163. The fourth-order valence-corrected chi connectivity index (χ4v) is 2.38. The van der Waals surface area contributed by atoms with Crippen molar-refractivity contribution in [2.45, 2.75) is 38.7 Å². The van der Waals surface area contributed by atoms with Crippen molar-refractivity contribution in [1.29, 1.82) is 0 Å². The van der Waals surface area contributed by atoms with Crippen LogP contribution in [0, 0.1) is 0 Å². The standard InChI is InChI=1S/C15H19Cl2NO4/c1-15(2,3)22-14(21)18-5-4-12(13(19)20)9-6-10(16)8-11(17)7-9/h6-8,12H,4-5H2,1-3H3,(H,18,21)(H,19,20). The molecular formula is C15H19Cl2NO4. The molecule has 5 nitrogen and oxygen atoms in total. The van der Waals surface area contributed by atoms with Gasteiger partial charge in [-0.1, -0.05) is 23.2 Å². The molecule has 1 aromatic rings. The van der Waals surface area contributed by atoms with Crippen molar-refractivity contribution in [1.82, 2.24) is 5.32 Å². The van der Waals surface area contributed by atoms with Gasteiger partial charge in [0, 0.05) is 16.6 Å². The molecule has 0 saturated heterocycles.